The van der Waals surface area contributed by atoms with Crippen molar-refractivity contribution in [1.29, 1.82) is 0 Å². The molecule has 3 aliphatic carbocycles. The van der Waals surface area contributed by atoms with Gasteiger partial charge in [-0.1, -0.05) is 0 Å². The summed E-state index contributed by atoms with van der Waals surface area (Å²) in [5, 5.41) is 11.1. The summed E-state index contributed by atoms with van der Waals surface area (Å²) in [5.74, 6) is 0.236. The van der Waals surface area contributed by atoms with E-state index in [1.165, 1.54) is 14.2 Å². The van der Waals surface area contributed by atoms with Crippen molar-refractivity contribution in [3.05, 3.63) is 23.3 Å². The zero-order chi connectivity index (χ0) is 22.1. The molecule has 2 fully saturated rings. The van der Waals surface area contributed by atoms with Gasteiger partial charge in [0.2, 0.25) is 11.5 Å². The number of likely N-dealkylation sites (N-methyl/N-ethyl adjacent to an activating group) is 2. The number of likely N-dealkylation sites (tertiary alicyclic amines) is 1. The fourth-order valence-electron chi connectivity index (χ4n) is 7.12. The van der Waals surface area contributed by atoms with Gasteiger partial charge in [-0.3, -0.25) is 14.5 Å². The van der Waals surface area contributed by atoms with Gasteiger partial charge in [0.1, 0.15) is 6.10 Å². The Morgan fingerprint density at radius 1 is 1.27 bits per heavy atom. The van der Waals surface area contributed by atoms with Crippen molar-refractivity contribution >= 4 is 23.2 Å². The summed E-state index contributed by atoms with van der Waals surface area (Å²) in [5.41, 5.74) is -2.33. The topological polar surface area (TPSA) is 79.3 Å². The van der Waals surface area contributed by atoms with Gasteiger partial charge in [-0.15, -0.1) is 11.6 Å². The summed E-state index contributed by atoms with van der Waals surface area (Å²) in [4.78, 5) is 31.1. The number of hydrogen-bond donors (Lipinski definition) is 1. The minimum Gasteiger partial charge on any atom is -0.495 e. The van der Waals surface area contributed by atoms with E-state index in [1.54, 1.807) is 6.08 Å². The molecule has 0 aromatic heterocycles. The predicted molar refractivity (Wildman–Crippen MR) is 112 cm³/mol. The van der Waals surface area contributed by atoms with Crippen molar-refractivity contribution < 1.29 is 24.2 Å². The Labute approximate surface area is 182 Å². The van der Waals surface area contributed by atoms with E-state index in [9.17, 15) is 14.7 Å². The van der Waals surface area contributed by atoms with Crippen LogP contribution in [0.1, 0.15) is 33.1 Å². The molecule has 1 aliphatic heterocycles. The van der Waals surface area contributed by atoms with Gasteiger partial charge < -0.3 is 19.5 Å². The molecule has 0 aromatic carbocycles. The number of alkyl halides is 1. The van der Waals surface area contributed by atoms with Crippen LogP contribution < -0.4 is 0 Å². The van der Waals surface area contributed by atoms with Crippen molar-refractivity contribution in [2.75, 3.05) is 40.9 Å². The van der Waals surface area contributed by atoms with E-state index in [1.807, 2.05) is 25.8 Å². The number of rotatable bonds is 5. The van der Waals surface area contributed by atoms with Crippen LogP contribution in [0.5, 0.6) is 0 Å². The first-order valence-corrected chi connectivity index (χ1v) is 11.1. The van der Waals surface area contributed by atoms with Crippen molar-refractivity contribution in [2.45, 2.75) is 50.1 Å². The van der Waals surface area contributed by atoms with Gasteiger partial charge in [0, 0.05) is 36.7 Å². The van der Waals surface area contributed by atoms with Crippen molar-refractivity contribution in [3.8, 4) is 0 Å². The average molecular weight is 439 g/mol. The number of halogens is 1. The number of nitrogens with zero attached hydrogens (tertiary/aromatic N) is 2. The van der Waals surface area contributed by atoms with Crippen LogP contribution in [-0.2, 0) is 19.1 Å². The number of ether oxygens (including phenoxy) is 2. The lowest BCUT2D eigenvalue weighted by atomic mass is 9.52. The van der Waals surface area contributed by atoms with Crippen LogP contribution in [0.2, 0.25) is 0 Å². The van der Waals surface area contributed by atoms with Gasteiger partial charge in [0.15, 0.2) is 11.5 Å². The largest absolute Gasteiger partial charge is 0.495 e. The molecule has 1 spiro atoms. The molecular weight excluding hydrogens is 408 g/mol. The minimum absolute atomic E-state index is 0.0960. The van der Waals surface area contributed by atoms with E-state index < -0.39 is 27.8 Å². The normalized spacial score (nSPS) is 40.7. The molecule has 0 unspecified atom stereocenters. The Balaban J connectivity index is 1.98. The third-order valence-corrected chi connectivity index (χ3v) is 8.81. The number of carbonyl (C=O) groups excluding carboxylic acids is 2. The standard InChI is InChI=1S/C22H31ClN2O5/c1-6-25(7-2)13-10-16(27)22(18(13)28)15(23)12-21-19(30-5)17(29-4)14(26)11-20(21,22)8-9-24(21)3/h10,15,18,28H,6-9,11-12H2,1-5H3/t15-,18-,20+,21+,22+/m0/s1. The highest BCUT2D eigenvalue weighted by Crippen LogP contribution is 2.75. The Hall–Kier alpha value is -1.57. The summed E-state index contributed by atoms with van der Waals surface area (Å²) in [6.45, 7) is 5.99. The molecule has 0 aromatic rings. The van der Waals surface area contributed by atoms with Gasteiger partial charge in [-0.05, 0) is 40.3 Å². The van der Waals surface area contributed by atoms with E-state index in [-0.39, 0.29) is 23.7 Å². The van der Waals surface area contributed by atoms with Gasteiger partial charge in [-0.25, -0.2) is 0 Å². The zero-order valence-corrected chi connectivity index (χ0v) is 19.1. The van der Waals surface area contributed by atoms with E-state index >= 15 is 0 Å². The molecule has 7 nitrogen and oxygen atoms in total. The fourth-order valence-corrected chi connectivity index (χ4v) is 7.78. The maximum absolute atomic E-state index is 13.7. The third-order valence-electron chi connectivity index (χ3n) is 8.31. The SMILES string of the molecule is CCN(CC)C1=CC(=O)[C@]2([C@@H](Cl)C[C@@]34C(OC)=C(OC)C(=O)C[C@@]23CCN4C)[C@H]1O. The van der Waals surface area contributed by atoms with Crippen LogP contribution in [0.3, 0.4) is 0 Å². The Kier molecular flexibility index (Phi) is 5.03. The number of allylic oxidation sites excluding steroid dienone is 2. The third kappa shape index (κ3) is 2.09. The first kappa shape index (κ1) is 21.7. The molecule has 0 amide bonds. The molecule has 1 saturated carbocycles. The lowest BCUT2D eigenvalue weighted by molar-refractivity contribution is -0.147. The maximum atomic E-state index is 13.7. The summed E-state index contributed by atoms with van der Waals surface area (Å²) in [6.07, 6.45) is 1.55. The lowest BCUT2D eigenvalue weighted by Gasteiger charge is -2.53. The molecule has 0 bridgehead atoms. The molecule has 30 heavy (non-hydrogen) atoms. The highest BCUT2D eigenvalue weighted by molar-refractivity contribution is 6.25. The summed E-state index contributed by atoms with van der Waals surface area (Å²) < 4.78 is 11.3. The number of aliphatic hydroxyl groups is 1. The van der Waals surface area contributed by atoms with Crippen LogP contribution in [0.4, 0.5) is 0 Å². The predicted octanol–water partition coefficient (Wildman–Crippen LogP) is 1.69. The number of Topliss-reactive ketones (excluding diaryl/α,β-unsaturated/α-hetero) is 1. The first-order valence-electron chi connectivity index (χ1n) is 10.6. The van der Waals surface area contributed by atoms with E-state index in [2.05, 4.69) is 4.90 Å². The molecule has 5 atom stereocenters. The second-order valence-corrected chi connectivity index (χ2v) is 9.36. The summed E-state index contributed by atoms with van der Waals surface area (Å²) in [6, 6.07) is 0. The second kappa shape index (κ2) is 6.97. The van der Waals surface area contributed by atoms with E-state index in [4.69, 9.17) is 21.1 Å². The summed E-state index contributed by atoms with van der Waals surface area (Å²) >= 11 is 7.02. The van der Waals surface area contributed by atoms with Crippen LogP contribution >= 0.6 is 11.6 Å². The molecule has 1 saturated heterocycles. The number of ketones is 2. The van der Waals surface area contributed by atoms with Gasteiger partial charge in [0.25, 0.3) is 0 Å². The highest BCUT2D eigenvalue weighted by Gasteiger charge is 2.83. The Morgan fingerprint density at radius 3 is 2.50 bits per heavy atom. The minimum atomic E-state index is -1.28. The first-order chi connectivity index (χ1) is 14.2. The highest BCUT2D eigenvalue weighted by atomic mass is 35.5. The lowest BCUT2D eigenvalue weighted by Crippen LogP contribution is -2.63. The molecule has 4 aliphatic rings. The number of methoxy groups -OCH3 is 2. The van der Waals surface area contributed by atoms with Crippen LogP contribution in [-0.4, -0.2) is 84.4 Å². The van der Waals surface area contributed by atoms with Crippen LogP contribution in [0, 0.1) is 10.8 Å². The molecule has 0 radical (unpaired) electrons. The average Bonchev–Trinajstić information content (AvgIpc) is 3.24. The summed E-state index contributed by atoms with van der Waals surface area (Å²) in [7, 11) is 4.96. The maximum Gasteiger partial charge on any atom is 0.201 e. The number of carbonyl (C=O) groups is 2. The smallest absolute Gasteiger partial charge is 0.201 e. The molecule has 1 N–H and O–H groups in total. The van der Waals surface area contributed by atoms with Gasteiger partial charge in [0.05, 0.1) is 30.6 Å². The van der Waals surface area contributed by atoms with Crippen LogP contribution in [0.15, 0.2) is 23.3 Å². The Bertz CT molecular complexity index is 852. The van der Waals surface area contributed by atoms with Gasteiger partial charge >= 0.3 is 0 Å². The van der Waals surface area contributed by atoms with E-state index in [0.29, 0.717) is 43.9 Å². The molecule has 1 heterocycles. The quantitative estimate of drug-likeness (QED) is 0.654. The zero-order valence-electron chi connectivity index (χ0n) is 18.3. The fraction of sp³-hybridized carbons (Fsp3) is 0.727. The van der Waals surface area contributed by atoms with E-state index in [0.717, 1.165) is 0 Å². The van der Waals surface area contributed by atoms with Crippen molar-refractivity contribution in [1.82, 2.24) is 9.80 Å². The Morgan fingerprint density at radius 2 is 1.93 bits per heavy atom. The monoisotopic (exact) mass is 438 g/mol. The number of hydrogen-bond acceptors (Lipinski definition) is 7. The van der Waals surface area contributed by atoms with Crippen molar-refractivity contribution in [3.63, 3.8) is 0 Å². The van der Waals surface area contributed by atoms with Gasteiger partial charge in [-0.2, -0.15) is 0 Å². The molecule has 8 heteroatoms. The second-order valence-electron chi connectivity index (χ2n) is 8.83. The molecular formula is C22H31ClN2O5. The van der Waals surface area contributed by atoms with Crippen molar-refractivity contribution in [2.24, 2.45) is 10.8 Å². The number of aliphatic hydroxyl groups excluding tert-OH is 1. The van der Waals surface area contributed by atoms with Crippen LogP contribution in [0.25, 0.3) is 0 Å². The molecule has 4 rings (SSSR count). The molecule has 166 valence electrons.